The standard InChI is InChI=1S/C69H46N2/c1-4-18-47(19-5-1)51-25-16-29-55(42-51)69(54-27-8-3-9-28-54)65-33-15-14-32-61(65)62-40-37-58(45-66(62)69)70(57-36-34-49-22-10-11-24-52(49)44-57)59-38-41-63-64-39-35-50-23-12-13-31-60(50)68(64)71(67(63)46-59)56-30-17-26-53(43-56)48-20-6-2-7-21-48/h1-46H. The summed E-state index contributed by atoms with van der Waals surface area (Å²) >= 11 is 0. The summed E-state index contributed by atoms with van der Waals surface area (Å²) < 4.78 is 2.50. The highest BCUT2D eigenvalue weighted by molar-refractivity contribution is 6.19. The van der Waals surface area contributed by atoms with Crippen LogP contribution in [0.3, 0.4) is 0 Å². The van der Waals surface area contributed by atoms with Crippen LogP contribution in [0.5, 0.6) is 0 Å². The smallest absolute Gasteiger partial charge is 0.0714 e. The molecule has 13 aromatic rings. The Bertz CT molecular complexity index is 4170. The molecule has 1 aromatic heterocycles. The Kier molecular flexibility index (Phi) is 9.47. The molecule has 0 bridgehead atoms. The van der Waals surface area contributed by atoms with Gasteiger partial charge in [-0.15, -0.1) is 0 Å². The third kappa shape index (κ3) is 6.49. The van der Waals surface area contributed by atoms with E-state index in [1.54, 1.807) is 0 Å². The fourth-order valence-corrected chi connectivity index (χ4v) is 11.8. The van der Waals surface area contributed by atoms with Crippen LogP contribution in [0.1, 0.15) is 22.3 Å². The molecular formula is C69H46N2. The lowest BCUT2D eigenvalue weighted by atomic mass is 9.67. The van der Waals surface area contributed by atoms with Gasteiger partial charge >= 0.3 is 0 Å². The molecule has 1 unspecified atom stereocenters. The zero-order chi connectivity index (χ0) is 46.9. The molecule has 0 amide bonds. The first-order valence-electron chi connectivity index (χ1n) is 24.6. The number of rotatable bonds is 8. The number of nitrogens with zero attached hydrogens (tertiary/aromatic N) is 2. The van der Waals surface area contributed by atoms with E-state index in [1.165, 1.54) is 93.5 Å². The third-order valence-corrected chi connectivity index (χ3v) is 15.0. The molecule has 2 nitrogen and oxygen atoms in total. The summed E-state index contributed by atoms with van der Waals surface area (Å²) in [5.41, 5.74) is 18.4. The van der Waals surface area contributed by atoms with Crippen LogP contribution in [0.15, 0.2) is 279 Å². The van der Waals surface area contributed by atoms with Gasteiger partial charge in [-0.3, -0.25) is 0 Å². The molecular weight excluding hydrogens is 857 g/mol. The monoisotopic (exact) mass is 902 g/mol. The highest BCUT2D eigenvalue weighted by Crippen LogP contribution is 2.58. The Labute approximate surface area is 413 Å². The molecule has 1 heterocycles. The van der Waals surface area contributed by atoms with Crippen LogP contribution in [0.2, 0.25) is 0 Å². The van der Waals surface area contributed by atoms with E-state index in [9.17, 15) is 0 Å². The predicted molar refractivity (Wildman–Crippen MR) is 299 cm³/mol. The van der Waals surface area contributed by atoms with Crippen LogP contribution in [0, 0.1) is 0 Å². The van der Waals surface area contributed by atoms with Crippen LogP contribution in [-0.4, -0.2) is 4.57 Å². The molecule has 12 aromatic carbocycles. The molecule has 0 saturated carbocycles. The van der Waals surface area contributed by atoms with E-state index in [2.05, 4.69) is 289 Å². The van der Waals surface area contributed by atoms with E-state index in [1.807, 2.05) is 0 Å². The normalized spacial score (nSPS) is 14.0. The van der Waals surface area contributed by atoms with Gasteiger partial charge in [0.05, 0.1) is 16.4 Å². The number of anilines is 3. The summed E-state index contributed by atoms with van der Waals surface area (Å²) in [7, 11) is 0. The fourth-order valence-electron chi connectivity index (χ4n) is 11.8. The second kappa shape index (κ2) is 16.5. The van der Waals surface area contributed by atoms with Gasteiger partial charge < -0.3 is 9.47 Å². The molecule has 0 saturated heterocycles. The lowest BCUT2D eigenvalue weighted by Gasteiger charge is -2.35. The number of hydrogen-bond acceptors (Lipinski definition) is 1. The lowest BCUT2D eigenvalue weighted by Crippen LogP contribution is -2.29. The van der Waals surface area contributed by atoms with Crippen LogP contribution in [0.25, 0.3) is 82.4 Å². The molecule has 2 heteroatoms. The first-order valence-corrected chi connectivity index (χ1v) is 24.6. The maximum absolute atomic E-state index is 2.50. The molecule has 0 aliphatic heterocycles. The number of aromatic nitrogens is 1. The van der Waals surface area contributed by atoms with Crippen molar-refractivity contribution in [3.63, 3.8) is 0 Å². The molecule has 332 valence electrons. The van der Waals surface area contributed by atoms with Crippen LogP contribution in [0.4, 0.5) is 17.1 Å². The molecule has 0 N–H and O–H groups in total. The minimum Gasteiger partial charge on any atom is -0.310 e. The Hall–Kier alpha value is -9.24. The van der Waals surface area contributed by atoms with Gasteiger partial charge in [-0.05, 0) is 126 Å². The molecule has 1 atom stereocenters. The maximum Gasteiger partial charge on any atom is 0.0714 e. The zero-order valence-corrected chi connectivity index (χ0v) is 39.0. The Morgan fingerprint density at radius 3 is 1.65 bits per heavy atom. The molecule has 71 heavy (non-hydrogen) atoms. The maximum atomic E-state index is 2.50. The summed E-state index contributed by atoms with van der Waals surface area (Å²) in [6, 6.07) is 103. The van der Waals surface area contributed by atoms with Gasteiger partial charge in [-0.2, -0.15) is 0 Å². The van der Waals surface area contributed by atoms with E-state index < -0.39 is 5.41 Å². The number of hydrogen-bond donors (Lipinski definition) is 0. The summed E-state index contributed by atoms with van der Waals surface area (Å²) in [5.74, 6) is 0. The largest absolute Gasteiger partial charge is 0.310 e. The quantitative estimate of drug-likeness (QED) is 0.147. The van der Waals surface area contributed by atoms with Gasteiger partial charge in [0.25, 0.3) is 0 Å². The first-order chi connectivity index (χ1) is 35.2. The first kappa shape index (κ1) is 40.8. The van der Waals surface area contributed by atoms with E-state index in [4.69, 9.17) is 0 Å². The van der Waals surface area contributed by atoms with Crippen LogP contribution >= 0.6 is 0 Å². The van der Waals surface area contributed by atoms with Crippen molar-refractivity contribution in [2.45, 2.75) is 5.41 Å². The van der Waals surface area contributed by atoms with Gasteiger partial charge in [-0.1, -0.05) is 224 Å². The summed E-state index contributed by atoms with van der Waals surface area (Å²) in [6.07, 6.45) is 0. The molecule has 0 fully saturated rings. The van der Waals surface area contributed by atoms with Gasteiger partial charge in [0.15, 0.2) is 0 Å². The van der Waals surface area contributed by atoms with Gasteiger partial charge in [0.1, 0.15) is 0 Å². The lowest BCUT2D eigenvalue weighted by molar-refractivity contribution is 0.769. The average Bonchev–Trinajstić information content (AvgIpc) is 3.94. The van der Waals surface area contributed by atoms with Gasteiger partial charge in [0, 0.05) is 38.9 Å². The van der Waals surface area contributed by atoms with E-state index in [0.717, 1.165) is 28.3 Å². The SMILES string of the molecule is c1ccc(-c2cccc(-n3c4cc(N(c5ccc6c(c5)C(c5ccccc5)(c5cccc(-c7ccccc7)c5)c5ccccc5-6)c5ccc6ccccc6c5)ccc4c4ccc5ccccc5c43)c2)cc1. The van der Waals surface area contributed by atoms with Crippen molar-refractivity contribution in [3.05, 3.63) is 301 Å². The average molecular weight is 903 g/mol. The summed E-state index contributed by atoms with van der Waals surface area (Å²) in [4.78, 5) is 2.48. The van der Waals surface area contributed by atoms with Gasteiger partial charge in [0.2, 0.25) is 0 Å². The van der Waals surface area contributed by atoms with Crippen molar-refractivity contribution in [1.29, 1.82) is 0 Å². The van der Waals surface area contributed by atoms with Crippen molar-refractivity contribution in [2.24, 2.45) is 0 Å². The summed E-state index contributed by atoms with van der Waals surface area (Å²) in [5, 5.41) is 7.29. The van der Waals surface area contributed by atoms with Gasteiger partial charge in [-0.25, -0.2) is 0 Å². The van der Waals surface area contributed by atoms with Crippen molar-refractivity contribution in [2.75, 3.05) is 4.90 Å². The Balaban J connectivity index is 1.04. The van der Waals surface area contributed by atoms with E-state index >= 15 is 0 Å². The van der Waals surface area contributed by atoms with Crippen molar-refractivity contribution in [3.8, 4) is 39.1 Å². The van der Waals surface area contributed by atoms with Crippen molar-refractivity contribution in [1.82, 2.24) is 4.57 Å². The minimum atomic E-state index is -0.607. The van der Waals surface area contributed by atoms with E-state index in [-0.39, 0.29) is 0 Å². The second-order valence-electron chi connectivity index (χ2n) is 18.8. The molecule has 0 spiro atoms. The number of benzene rings is 12. The van der Waals surface area contributed by atoms with Crippen molar-refractivity contribution < 1.29 is 0 Å². The zero-order valence-electron chi connectivity index (χ0n) is 39.0. The highest BCUT2D eigenvalue weighted by atomic mass is 15.1. The van der Waals surface area contributed by atoms with Crippen molar-refractivity contribution >= 4 is 60.4 Å². The van der Waals surface area contributed by atoms with Crippen LogP contribution < -0.4 is 4.90 Å². The van der Waals surface area contributed by atoms with Crippen LogP contribution in [-0.2, 0) is 5.41 Å². The highest BCUT2D eigenvalue weighted by Gasteiger charge is 2.46. The fraction of sp³-hybridized carbons (Fsp3) is 0.0145. The molecule has 1 aliphatic carbocycles. The Morgan fingerprint density at radius 2 is 0.845 bits per heavy atom. The summed E-state index contributed by atoms with van der Waals surface area (Å²) in [6.45, 7) is 0. The molecule has 1 aliphatic rings. The topological polar surface area (TPSA) is 8.17 Å². The number of fused-ring (bicyclic) bond motifs is 9. The predicted octanol–water partition coefficient (Wildman–Crippen LogP) is 18.3. The molecule has 14 rings (SSSR count). The third-order valence-electron chi connectivity index (χ3n) is 15.0. The second-order valence-corrected chi connectivity index (χ2v) is 18.8. The Morgan fingerprint density at radius 1 is 0.296 bits per heavy atom. The minimum absolute atomic E-state index is 0.607. The van der Waals surface area contributed by atoms with E-state index in [0.29, 0.717) is 0 Å². The molecule has 0 radical (unpaired) electrons.